The zero-order chi connectivity index (χ0) is 23.1. The van der Waals surface area contributed by atoms with Crippen molar-refractivity contribution in [2.75, 3.05) is 24.6 Å². The molecule has 0 spiro atoms. The molecule has 0 fully saturated rings. The van der Waals surface area contributed by atoms with Crippen LogP contribution in [0.4, 0.5) is 18.9 Å². The second-order valence-electron chi connectivity index (χ2n) is 6.98. The van der Waals surface area contributed by atoms with E-state index in [1.165, 1.54) is 7.11 Å². The molecule has 0 radical (unpaired) electrons. The lowest BCUT2D eigenvalue weighted by molar-refractivity contribution is -0.137. The normalized spacial score (nSPS) is 14.0. The predicted octanol–water partition coefficient (Wildman–Crippen LogP) is 5.62. The minimum Gasteiger partial charge on any atom is -0.496 e. The number of alkyl halides is 3. The predicted molar refractivity (Wildman–Crippen MR) is 115 cm³/mol. The fraction of sp³-hybridized carbons (Fsp3) is 0.182. The van der Waals surface area contributed by atoms with Crippen molar-refractivity contribution in [2.45, 2.75) is 11.1 Å². The number of hydrogen-bond acceptors (Lipinski definition) is 4. The first-order chi connectivity index (χ1) is 15.1. The fourth-order valence-electron chi connectivity index (χ4n) is 3.48. The van der Waals surface area contributed by atoms with E-state index >= 15 is 0 Å². The van der Waals surface area contributed by atoms with Crippen LogP contribution in [0.1, 0.15) is 5.56 Å². The second kappa shape index (κ2) is 8.22. The number of nitrogens with zero attached hydrogens (tertiary/aromatic N) is 1. The Kier molecular flexibility index (Phi) is 5.72. The zero-order valence-corrected chi connectivity index (χ0v) is 18.3. The smallest absolute Gasteiger partial charge is 0.416 e. The lowest BCUT2D eigenvalue weighted by Gasteiger charge is -2.31. The van der Waals surface area contributed by atoms with Gasteiger partial charge in [0.15, 0.2) is 0 Å². The van der Waals surface area contributed by atoms with E-state index < -0.39 is 26.7 Å². The maximum Gasteiger partial charge on any atom is 0.416 e. The van der Waals surface area contributed by atoms with E-state index in [-0.39, 0.29) is 18.8 Å². The molecule has 5 nitrogen and oxygen atoms in total. The van der Waals surface area contributed by atoms with Gasteiger partial charge >= 0.3 is 6.18 Å². The van der Waals surface area contributed by atoms with Crippen molar-refractivity contribution in [3.63, 3.8) is 0 Å². The Labute approximate surface area is 188 Å². The van der Waals surface area contributed by atoms with Crippen LogP contribution in [-0.4, -0.2) is 28.7 Å². The Hall–Kier alpha value is -2.91. The molecule has 1 aliphatic heterocycles. The van der Waals surface area contributed by atoms with Crippen LogP contribution in [0.5, 0.6) is 11.5 Å². The Balaban J connectivity index is 1.82. The molecule has 0 N–H and O–H groups in total. The number of halogens is 4. The molecule has 1 heterocycles. The van der Waals surface area contributed by atoms with Crippen LogP contribution in [0.3, 0.4) is 0 Å². The van der Waals surface area contributed by atoms with Gasteiger partial charge in [0, 0.05) is 10.6 Å². The summed E-state index contributed by atoms with van der Waals surface area (Å²) in [6, 6.07) is 13.6. The summed E-state index contributed by atoms with van der Waals surface area (Å²) in [5.41, 5.74) is 0.417. The molecular formula is C22H17ClF3NO4S. The first kappa shape index (κ1) is 22.3. The van der Waals surface area contributed by atoms with Crippen LogP contribution in [0.15, 0.2) is 65.6 Å². The number of ether oxygens (including phenoxy) is 2. The zero-order valence-electron chi connectivity index (χ0n) is 16.7. The Morgan fingerprint density at radius 1 is 1.06 bits per heavy atom. The molecule has 0 bridgehead atoms. The third kappa shape index (κ3) is 4.10. The molecule has 0 amide bonds. The van der Waals surface area contributed by atoms with E-state index in [0.717, 1.165) is 22.5 Å². The molecule has 3 aromatic rings. The number of fused-ring (bicyclic) bond motifs is 1. The summed E-state index contributed by atoms with van der Waals surface area (Å²) in [6.07, 6.45) is -4.66. The number of benzene rings is 3. The topological polar surface area (TPSA) is 55.8 Å². The molecule has 168 valence electrons. The van der Waals surface area contributed by atoms with Crippen LogP contribution in [0.25, 0.3) is 11.1 Å². The van der Waals surface area contributed by atoms with Crippen molar-refractivity contribution >= 4 is 27.3 Å². The molecular weight excluding hydrogens is 467 g/mol. The van der Waals surface area contributed by atoms with Crippen molar-refractivity contribution in [2.24, 2.45) is 0 Å². The number of rotatable bonds is 4. The Morgan fingerprint density at radius 3 is 2.56 bits per heavy atom. The van der Waals surface area contributed by atoms with E-state index in [0.29, 0.717) is 33.7 Å². The fourth-order valence-corrected chi connectivity index (χ4v) is 5.15. The van der Waals surface area contributed by atoms with Gasteiger partial charge in [-0.15, -0.1) is 0 Å². The molecule has 1 aliphatic rings. The van der Waals surface area contributed by atoms with E-state index in [9.17, 15) is 21.6 Å². The Morgan fingerprint density at radius 2 is 1.84 bits per heavy atom. The highest BCUT2D eigenvalue weighted by Gasteiger charge is 2.35. The number of anilines is 1. The third-order valence-electron chi connectivity index (χ3n) is 5.00. The van der Waals surface area contributed by atoms with E-state index in [2.05, 4.69) is 0 Å². The Bertz CT molecular complexity index is 1280. The highest BCUT2D eigenvalue weighted by Crippen LogP contribution is 2.41. The van der Waals surface area contributed by atoms with Crippen LogP contribution in [0, 0.1) is 0 Å². The van der Waals surface area contributed by atoms with Crippen LogP contribution >= 0.6 is 11.6 Å². The van der Waals surface area contributed by atoms with Gasteiger partial charge in [0.1, 0.15) is 18.1 Å². The van der Waals surface area contributed by atoms with E-state index in [1.807, 2.05) is 0 Å². The number of sulfonamides is 1. The summed E-state index contributed by atoms with van der Waals surface area (Å²) in [5, 5.41) is 0.461. The van der Waals surface area contributed by atoms with Gasteiger partial charge in [0.2, 0.25) is 0 Å². The number of methoxy groups -OCH3 is 1. The van der Waals surface area contributed by atoms with Crippen molar-refractivity contribution in [3.8, 4) is 22.6 Å². The standard InChI is InChI=1S/C22H17ClF3NO4S/c1-30-20-8-6-16(23)13-18(20)14-5-7-21-19(11-14)27(9-10-31-21)32(28,29)17-4-2-3-15(12-17)22(24,25)26/h2-8,11-13H,9-10H2,1H3. The van der Waals surface area contributed by atoms with Gasteiger partial charge in [-0.05, 0) is 54.1 Å². The molecule has 10 heteroatoms. The maximum atomic E-state index is 13.3. The lowest BCUT2D eigenvalue weighted by atomic mass is 10.0. The van der Waals surface area contributed by atoms with Crippen molar-refractivity contribution in [1.29, 1.82) is 0 Å². The van der Waals surface area contributed by atoms with Crippen molar-refractivity contribution in [3.05, 3.63) is 71.2 Å². The van der Waals surface area contributed by atoms with E-state index in [1.54, 1.807) is 36.4 Å². The molecule has 0 aromatic heterocycles. The summed E-state index contributed by atoms with van der Waals surface area (Å²) in [5.74, 6) is 0.829. The highest BCUT2D eigenvalue weighted by atomic mass is 35.5. The lowest BCUT2D eigenvalue weighted by Crippen LogP contribution is -2.38. The van der Waals surface area contributed by atoms with Gasteiger partial charge < -0.3 is 9.47 Å². The molecule has 0 saturated carbocycles. The average Bonchev–Trinajstić information content (AvgIpc) is 2.77. The average molecular weight is 484 g/mol. The summed E-state index contributed by atoms with van der Waals surface area (Å²) >= 11 is 6.12. The second-order valence-corrected chi connectivity index (χ2v) is 9.28. The first-order valence-electron chi connectivity index (χ1n) is 9.42. The molecule has 0 saturated heterocycles. The number of hydrogen-bond donors (Lipinski definition) is 0. The van der Waals surface area contributed by atoms with Gasteiger partial charge in [-0.1, -0.05) is 23.7 Å². The van der Waals surface area contributed by atoms with Gasteiger partial charge in [-0.3, -0.25) is 4.31 Å². The molecule has 4 rings (SSSR count). The van der Waals surface area contributed by atoms with Gasteiger partial charge in [-0.2, -0.15) is 13.2 Å². The quantitative estimate of drug-likeness (QED) is 0.483. The van der Waals surface area contributed by atoms with Gasteiger partial charge in [0.05, 0.1) is 29.8 Å². The maximum absolute atomic E-state index is 13.3. The third-order valence-corrected chi connectivity index (χ3v) is 7.05. The van der Waals surface area contributed by atoms with Crippen LogP contribution in [-0.2, 0) is 16.2 Å². The van der Waals surface area contributed by atoms with Crippen LogP contribution in [0.2, 0.25) is 5.02 Å². The molecule has 3 aromatic carbocycles. The minimum atomic E-state index is -4.66. The molecule has 32 heavy (non-hydrogen) atoms. The summed E-state index contributed by atoms with van der Waals surface area (Å²) < 4.78 is 78.0. The summed E-state index contributed by atoms with van der Waals surface area (Å²) in [7, 11) is -2.79. The van der Waals surface area contributed by atoms with Gasteiger partial charge in [0.25, 0.3) is 10.0 Å². The van der Waals surface area contributed by atoms with Crippen molar-refractivity contribution in [1.82, 2.24) is 0 Å². The minimum absolute atomic E-state index is 0.0539. The van der Waals surface area contributed by atoms with Gasteiger partial charge in [-0.25, -0.2) is 8.42 Å². The van der Waals surface area contributed by atoms with E-state index in [4.69, 9.17) is 21.1 Å². The van der Waals surface area contributed by atoms with Crippen LogP contribution < -0.4 is 13.8 Å². The SMILES string of the molecule is COc1ccc(Cl)cc1-c1ccc2c(c1)N(S(=O)(=O)c1cccc(C(F)(F)F)c1)CCO2. The largest absolute Gasteiger partial charge is 0.496 e. The highest BCUT2D eigenvalue weighted by molar-refractivity contribution is 7.92. The molecule has 0 aliphatic carbocycles. The molecule has 0 atom stereocenters. The summed E-state index contributed by atoms with van der Waals surface area (Å²) in [6.45, 7) is 0.00668. The first-order valence-corrected chi connectivity index (χ1v) is 11.2. The summed E-state index contributed by atoms with van der Waals surface area (Å²) in [4.78, 5) is -0.453. The van der Waals surface area contributed by atoms with Crippen molar-refractivity contribution < 1.29 is 31.1 Å². The molecule has 0 unspecified atom stereocenters. The monoisotopic (exact) mass is 483 g/mol.